The topological polar surface area (TPSA) is 116 Å². The van der Waals surface area contributed by atoms with Crippen LogP contribution in [0.4, 0.5) is 0 Å². The van der Waals surface area contributed by atoms with E-state index in [1.165, 1.54) is 9.13 Å². The third-order valence-corrected chi connectivity index (χ3v) is 6.21. The Bertz CT molecular complexity index is 1610. The molecule has 5 rings (SSSR count). The number of nitrogens with one attached hydrogen (secondary N) is 1. The molecule has 35 heavy (non-hydrogen) atoms. The van der Waals surface area contributed by atoms with E-state index in [0.717, 1.165) is 28.1 Å². The second-order valence-corrected chi connectivity index (χ2v) is 8.43. The molecular weight excluding hydrogens is 444 g/mol. The molecule has 0 bridgehead atoms. The Morgan fingerprint density at radius 2 is 1.69 bits per heavy atom. The van der Waals surface area contributed by atoms with Crippen molar-refractivity contribution in [3.63, 3.8) is 0 Å². The Morgan fingerprint density at radius 3 is 2.34 bits per heavy atom. The molecule has 0 fully saturated rings. The molecule has 0 atom stereocenters. The van der Waals surface area contributed by atoms with Crippen molar-refractivity contribution in [2.45, 2.75) is 39.8 Å². The lowest BCUT2D eigenvalue weighted by molar-refractivity contribution is 0.590. The summed E-state index contributed by atoms with van der Waals surface area (Å²) in [5, 5.41) is 14.2. The number of rotatable bonds is 7. The van der Waals surface area contributed by atoms with E-state index >= 15 is 0 Å². The minimum atomic E-state index is -0.332. The van der Waals surface area contributed by atoms with Gasteiger partial charge in [-0.1, -0.05) is 62.4 Å². The van der Waals surface area contributed by atoms with Crippen LogP contribution in [0.3, 0.4) is 0 Å². The van der Waals surface area contributed by atoms with Gasteiger partial charge in [-0.2, -0.15) is 0 Å². The van der Waals surface area contributed by atoms with Gasteiger partial charge in [-0.3, -0.25) is 13.9 Å². The fourth-order valence-electron chi connectivity index (χ4n) is 4.46. The lowest BCUT2D eigenvalue weighted by Gasteiger charge is -2.12. The van der Waals surface area contributed by atoms with Gasteiger partial charge in [0.1, 0.15) is 5.82 Å². The van der Waals surface area contributed by atoms with Gasteiger partial charge < -0.3 is 4.57 Å². The molecule has 3 aromatic heterocycles. The van der Waals surface area contributed by atoms with Crippen molar-refractivity contribution in [1.29, 1.82) is 0 Å². The van der Waals surface area contributed by atoms with Gasteiger partial charge in [0.15, 0.2) is 17.0 Å². The predicted octanol–water partition coefficient (Wildman–Crippen LogP) is 2.76. The number of imidazole rings is 1. The Morgan fingerprint density at radius 1 is 0.943 bits per heavy atom. The van der Waals surface area contributed by atoms with Crippen LogP contribution in [0.1, 0.15) is 31.7 Å². The molecule has 2 aromatic carbocycles. The summed E-state index contributed by atoms with van der Waals surface area (Å²) in [6.45, 7) is 4.80. The summed E-state index contributed by atoms with van der Waals surface area (Å²) in [7, 11) is 1.67. The number of H-pyrrole nitrogens is 1. The molecule has 178 valence electrons. The van der Waals surface area contributed by atoms with Crippen molar-refractivity contribution in [3.05, 3.63) is 80.8 Å². The van der Waals surface area contributed by atoms with E-state index in [-0.39, 0.29) is 11.2 Å². The van der Waals surface area contributed by atoms with Gasteiger partial charge in [0.2, 0.25) is 0 Å². The highest BCUT2D eigenvalue weighted by Crippen LogP contribution is 2.30. The summed E-state index contributed by atoms with van der Waals surface area (Å²) in [5.41, 5.74) is 4.25. The second kappa shape index (κ2) is 9.13. The van der Waals surface area contributed by atoms with Crippen molar-refractivity contribution >= 4 is 11.2 Å². The average Bonchev–Trinajstić information content (AvgIpc) is 3.54. The monoisotopic (exact) mass is 470 g/mol. The van der Waals surface area contributed by atoms with Crippen LogP contribution in [0, 0.1) is 0 Å². The number of aromatic nitrogens is 8. The lowest BCUT2D eigenvalue weighted by atomic mass is 9.98. The van der Waals surface area contributed by atoms with Crippen LogP contribution in [-0.2, 0) is 26.6 Å². The fourth-order valence-corrected chi connectivity index (χ4v) is 4.46. The molecule has 0 saturated heterocycles. The zero-order valence-electron chi connectivity index (χ0n) is 19.9. The maximum absolute atomic E-state index is 13.3. The molecule has 10 heteroatoms. The lowest BCUT2D eigenvalue weighted by Crippen LogP contribution is -2.39. The van der Waals surface area contributed by atoms with E-state index in [1.54, 1.807) is 7.05 Å². The normalized spacial score (nSPS) is 11.4. The van der Waals surface area contributed by atoms with Crippen LogP contribution in [-0.4, -0.2) is 39.3 Å². The second-order valence-electron chi connectivity index (χ2n) is 8.43. The number of benzene rings is 2. The summed E-state index contributed by atoms with van der Waals surface area (Å²) in [6, 6.07) is 16.1. The molecule has 3 heterocycles. The number of nitrogens with zero attached hydrogens (tertiary/aromatic N) is 7. The van der Waals surface area contributed by atoms with Gasteiger partial charge in [0, 0.05) is 32.1 Å². The van der Waals surface area contributed by atoms with Crippen molar-refractivity contribution in [1.82, 2.24) is 39.3 Å². The molecule has 0 amide bonds. The molecule has 0 saturated carbocycles. The quantitative estimate of drug-likeness (QED) is 0.391. The van der Waals surface area contributed by atoms with Gasteiger partial charge in [-0.05, 0) is 33.5 Å². The SMILES string of the molecule is CCCn1c(=O)c2c(nc(CC)n2Cc2ccc(-c3ccccc3-c3nnn[nH]3)cc2)n(C)c1=O. The summed E-state index contributed by atoms with van der Waals surface area (Å²) in [4.78, 5) is 30.6. The van der Waals surface area contributed by atoms with Crippen molar-refractivity contribution in [3.8, 4) is 22.5 Å². The van der Waals surface area contributed by atoms with Crippen molar-refractivity contribution in [2.24, 2.45) is 7.05 Å². The zero-order chi connectivity index (χ0) is 24.5. The number of aromatic amines is 1. The van der Waals surface area contributed by atoms with E-state index in [1.807, 2.05) is 66.9 Å². The van der Waals surface area contributed by atoms with Gasteiger partial charge >= 0.3 is 5.69 Å². The van der Waals surface area contributed by atoms with E-state index < -0.39 is 0 Å². The first-order chi connectivity index (χ1) is 17.0. The van der Waals surface area contributed by atoms with Gasteiger partial charge in [0.25, 0.3) is 5.56 Å². The fraction of sp³-hybridized carbons (Fsp3) is 0.280. The van der Waals surface area contributed by atoms with E-state index in [0.29, 0.717) is 42.9 Å². The van der Waals surface area contributed by atoms with Crippen LogP contribution in [0.25, 0.3) is 33.7 Å². The highest BCUT2D eigenvalue weighted by molar-refractivity contribution is 5.80. The number of hydrogen-bond acceptors (Lipinski definition) is 6. The summed E-state index contributed by atoms with van der Waals surface area (Å²) in [5.74, 6) is 1.38. The Labute approximate surface area is 200 Å². The predicted molar refractivity (Wildman–Crippen MR) is 133 cm³/mol. The van der Waals surface area contributed by atoms with E-state index in [2.05, 4.69) is 25.6 Å². The molecule has 0 aliphatic carbocycles. The van der Waals surface area contributed by atoms with E-state index in [9.17, 15) is 9.59 Å². The largest absolute Gasteiger partial charge is 0.332 e. The van der Waals surface area contributed by atoms with Gasteiger partial charge in [-0.25, -0.2) is 14.9 Å². The molecule has 10 nitrogen and oxygen atoms in total. The van der Waals surface area contributed by atoms with Crippen LogP contribution in [0.15, 0.2) is 58.1 Å². The molecule has 1 N–H and O–H groups in total. The minimum Gasteiger partial charge on any atom is -0.318 e. The maximum atomic E-state index is 13.3. The van der Waals surface area contributed by atoms with Crippen molar-refractivity contribution < 1.29 is 0 Å². The van der Waals surface area contributed by atoms with Crippen LogP contribution >= 0.6 is 0 Å². The standard InChI is InChI=1S/C25H26N8O2/c1-4-14-32-24(34)21-23(31(3)25(32)35)26-20(5-2)33(21)15-16-10-12-17(13-11-16)18-8-6-7-9-19(18)22-27-29-30-28-22/h6-13H,4-5,14-15H2,1-3H3,(H,27,28,29,30). The molecule has 0 unspecified atom stereocenters. The molecular formula is C25H26N8O2. The molecule has 0 aliphatic rings. The van der Waals surface area contributed by atoms with Gasteiger partial charge in [-0.15, -0.1) is 5.10 Å². The highest BCUT2D eigenvalue weighted by Gasteiger charge is 2.19. The number of hydrogen-bond donors (Lipinski definition) is 1. The first-order valence-corrected chi connectivity index (χ1v) is 11.6. The Kier molecular flexibility index (Phi) is 5.86. The molecule has 5 aromatic rings. The summed E-state index contributed by atoms with van der Waals surface area (Å²) < 4.78 is 4.71. The molecule has 0 radical (unpaired) electrons. The van der Waals surface area contributed by atoms with Crippen LogP contribution < -0.4 is 11.2 Å². The third kappa shape index (κ3) is 3.86. The molecule has 0 spiro atoms. The highest BCUT2D eigenvalue weighted by atomic mass is 16.2. The summed E-state index contributed by atoms with van der Waals surface area (Å²) >= 11 is 0. The maximum Gasteiger partial charge on any atom is 0.332 e. The smallest absolute Gasteiger partial charge is 0.318 e. The summed E-state index contributed by atoms with van der Waals surface area (Å²) in [6.07, 6.45) is 1.34. The Balaban J connectivity index is 1.56. The van der Waals surface area contributed by atoms with Gasteiger partial charge in [0.05, 0.1) is 0 Å². The number of fused-ring (bicyclic) bond motifs is 1. The van der Waals surface area contributed by atoms with Crippen LogP contribution in [0.5, 0.6) is 0 Å². The van der Waals surface area contributed by atoms with E-state index in [4.69, 9.17) is 0 Å². The minimum absolute atomic E-state index is 0.289. The number of aryl methyl sites for hydroxylation is 2. The molecule has 0 aliphatic heterocycles. The Hall–Kier alpha value is -4.34. The van der Waals surface area contributed by atoms with Crippen LogP contribution in [0.2, 0.25) is 0 Å². The average molecular weight is 471 g/mol. The first kappa shape index (κ1) is 22.5. The third-order valence-electron chi connectivity index (χ3n) is 6.21. The number of tetrazole rings is 1. The first-order valence-electron chi connectivity index (χ1n) is 11.6. The zero-order valence-corrected chi connectivity index (χ0v) is 19.9. The van der Waals surface area contributed by atoms with Crippen molar-refractivity contribution in [2.75, 3.05) is 0 Å².